The first-order valence-electron chi connectivity index (χ1n) is 6.47. The zero-order valence-electron chi connectivity index (χ0n) is 11.4. The molecule has 17 heavy (non-hydrogen) atoms. The van der Waals surface area contributed by atoms with E-state index in [9.17, 15) is 0 Å². The predicted molar refractivity (Wildman–Crippen MR) is 74.9 cm³/mol. The average molecular weight is 229 g/mol. The molecule has 0 aliphatic carbocycles. The SMILES string of the molecule is CCc1ccc(CC)c(C#CC(N)C(C)C)c1. The molecular weight excluding hydrogens is 206 g/mol. The van der Waals surface area contributed by atoms with E-state index in [-0.39, 0.29) is 6.04 Å². The molecule has 92 valence electrons. The van der Waals surface area contributed by atoms with Gasteiger partial charge in [-0.1, -0.05) is 51.7 Å². The molecule has 1 atom stereocenters. The van der Waals surface area contributed by atoms with Gasteiger partial charge in [0, 0.05) is 5.56 Å². The number of hydrogen-bond acceptors (Lipinski definition) is 1. The topological polar surface area (TPSA) is 26.0 Å². The fraction of sp³-hybridized carbons (Fsp3) is 0.500. The highest BCUT2D eigenvalue weighted by Crippen LogP contribution is 2.12. The third-order valence-electron chi connectivity index (χ3n) is 3.06. The standard InChI is InChI=1S/C16H23N/c1-5-13-7-8-14(6-2)15(11-13)9-10-16(17)12(3)4/h7-8,11-12,16H,5-6,17H2,1-4H3. The minimum absolute atomic E-state index is 0.0370. The van der Waals surface area contributed by atoms with E-state index in [1.807, 2.05) is 0 Å². The molecule has 0 saturated carbocycles. The Bertz CT molecular complexity index is 421. The van der Waals surface area contributed by atoms with Gasteiger partial charge in [0.25, 0.3) is 0 Å². The van der Waals surface area contributed by atoms with Gasteiger partial charge in [0.05, 0.1) is 6.04 Å². The van der Waals surface area contributed by atoms with Crippen LogP contribution in [-0.2, 0) is 12.8 Å². The predicted octanol–water partition coefficient (Wildman–Crippen LogP) is 3.15. The summed E-state index contributed by atoms with van der Waals surface area (Å²) in [5.74, 6) is 6.80. The molecule has 1 aromatic carbocycles. The highest BCUT2D eigenvalue weighted by atomic mass is 14.6. The van der Waals surface area contributed by atoms with Gasteiger partial charge in [-0.2, -0.15) is 0 Å². The molecule has 0 radical (unpaired) electrons. The van der Waals surface area contributed by atoms with Gasteiger partial charge in [-0.05, 0) is 36.0 Å². The lowest BCUT2D eigenvalue weighted by molar-refractivity contribution is 0.584. The van der Waals surface area contributed by atoms with Crippen LogP contribution in [0.1, 0.15) is 44.4 Å². The molecule has 2 N–H and O–H groups in total. The Hall–Kier alpha value is -1.26. The van der Waals surface area contributed by atoms with E-state index >= 15 is 0 Å². The Morgan fingerprint density at radius 3 is 2.41 bits per heavy atom. The van der Waals surface area contributed by atoms with Crippen LogP contribution in [0.25, 0.3) is 0 Å². The van der Waals surface area contributed by atoms with E-state index < -0.39 is 0 Å². The molecule has 0 amide bonds. The van der Waals surface area contributed by atoms with Gasteiger partial charge >= 0.3 is 0 Å². The molecule has 0 fully saturated rings. The van der Waals surface area contributed by atoms with Crippen LogP contribution >= 0.6 is 0 Å². The number of hydrogen-bond donors (Lipinski definition) is 1. The van der Waals surface area contributed by atoms with Gasteiger partial charge in [0.15, 0.2) is 0 Å². The van der Waals surface area contributed by atoms with Crippen molar-refractivity contribution in [3.8, 4) is 11.8 Å². The van der Waals surface area contributed by atoms with Crippen LogP contribution in [0.2, 0.25) is 0 Å². The van der Waals surface area contributed by atoms with Crippen LogP contribution < -0.4 is 5.73 Å². The largest absolute Gasteiger partial charge is 0.317 e. The molecule has 0 saturated heterocycles. The van der Waals surface area contributed by atoms with Crippen LogP contribution in [-0.4, -0.2) is 6.04 Å². The van der Waals surface area contributed by atoms with Gasteiger partial charge in [-0.3, -0.25) is 0 Å². The second-order valence-electron chi connectivity index (χ2n) is 4.74. The molecule has 0 aliphatic heterocycles. The summed E-state index contributed by atoms with van der Waals surface area (Å²) >= 11 is 0. The zero-order chi connectivity index (χ0) is 12.8. The Kier molecular flexibility index (Phi) is 5.25. The maximum atomic E-state index is 5.95. The van der Waals surface area contributed by atoms with Crippen molar-refractivity contribution in [2.24, 2.45) is 11.7 Å². The summed E-state index contributed by atoms with van der Waals surface area (Å²) in [6, 6.07) is 6.53. The average Bonchev–Trinajstić information content (AvgIpc) is 2.35. The van der Waals surface area contributed by atoms with E-state index in [1.54, 1.807) is 0 Å². The van der Waals surface area contributed by atoms with E-state index in [4.69, 9.17) is 5.73 Å². The normalized spacial score (nSPS) is 12.1. The van der Waals surface area contributed by atoms with Crippen LogP contribution in [0.4, 0.5) is 0 Å². The van der Waals surface area contributed by atoms with Crippen molar-refractivity contribution < 1.29 is 0 Å². The maximum Gasteiger partial charge on any atom is 0.0691 e. The minimum atomic E-state index is -0.0370. The van der Waals surface area contributed by atoms with Crippen LogP contribution in [0, 0.1) is 17.8 Å². The number of aryl methyl sites for hydroxylation is 2. The fourth-order valence-electron chi connectivity index (χ4n) is 1.60. The van der Waals surface area contributed by atoms with Crippen LogP contribution in [0.3, 0.4) is 0 Å². The van der Waals surface area contributed by atoms with Gasteiger partial charge in [0.2, 0.25) is 0 Å². The molecule has 0 bridgehead atoms. The molecule has 0 heterocycles. The monoisotopic (exact) mass is 229 g/mol. The lowest BCUT2D eigenvalue weighted by atomic mass is 10.00. The van der Waals surface area contributed by atoms with Gasteiger partial charge < -0.3 is 5.73 Å². The van der Waals surface area contributed by atoms with Gasteiger partial charge in [-0.15, -0.1) is 0 Å². The second-order valence-corrected chi connectivity index (χ2v) is 4.74. The van der Waals surface area contributed by atoms with E-state index in [0.717, 1.165) is 18.4 Å². The smallest absolute Gasteiger partial charge is 0.0691 e. The second kappa shape index (κ2) is 6.47. The zero-order valence-corrected chi connectivity index (χ0v) is 11.4. The lowest BCUT2D eigenvalue weighted by Gasteiger charge is -2.08. The summed E-state index contributed by atoms with van der Waals surface area (Å²) in [6.45, 7) is 8.53. The molecule has 0 spiro atoms. The molecule has 1 aromatic rings. The Labute approximate surface area is 105 Å². The number of benzene rings is 1. The Morgan fingerprint density at radius 1 is 1.18 bits per heavy atom. The molecule has 1 nitrogen and oxygen atoms in total. The molecule has 1 rings (SSSR count). The van der Waals surface area contributed by atoms with Crippen LogP contribution in [0.15, 0.2) is 18.2 Å². The number of nitrogens with two attached hydrogens (primary N) is 1. The van der Waals surface area contributed by atoms with Crippen molar-refractivity contribution in [2.45, 2.75) is 46.6 Å². The third kappa shape index (κ3) is 3.91. The van der Waals surface area contributed by atoms with Crippen LogP contribution in [0.5, 0.6) is 0 Å². The van der Waals surface area contributed by atoms with Crippen molar-refractivity contribution in [1.29, 1.82) is 0 Å². The molecule has 1 heteroatoms. The highest BCUT2D eigenvalue weighted by molar-refractivity contribution is 5.44. The highest BCUT2D eigenvalue weighted by Gasteiger charge is 2.03. The van der Waals surface area contributed by atoms with Crippen molar-refractivity contribution in [3.63, 3.8) is 0 Å². The first-order valence-corrected chi connectivity index (χ1v) is 6.47. The van der Waals surface area contributed by atoms with E-state index in [2.05, 4.69) is 57.7 Å². The fourth-order valence-corrected chi connectivity index (χ4v) is 1.60. The van der Waals surface area contributed by atoms with Crippen molar-refractivity contribution >= 4 is 0 Å². The molecule has 0 aliphatic rings. The summed E-state index contributed by atoms with van der Waals surface area (Å²) in [5, 5.41) is 0. The van der Waals surface area contributed by atoms with E-state index in [1.165, 1.54) is 11.1 Å². The summed E-state index contributed by atoms with van der Waals surface area (Å²) in [5.41, 5.74) is 9.74. The number of rotatable bonds is 3. The summed E-state index contributed by atoms with van der Waals surface area (Å²) in [6.07, 6.45) is 2.07. The Balaban J connectivity index is 3.02. The maximum absolute atomic E-state index is 5.95. The first kappa shape index (κ1) is 13.8. The third-order valence-corrected chi connectivity index (χ3v) is 3.06. The van der Waals surface area contributed by atoms with Gasteiger partial charge in [0.1, 0.15) is 0 Å². The minimum Gasteiger partial charge on any atom is -0.317 e. The molecular formula is C16H23N. The lowest BCUT2D eigenvalue weighted by Crippen LogP contribution is -2.24. The quantitative estimate of drug-likeness (QED) is 0.792. The summed E-state index contributed by atoms with van der Waals surface area (Å²) in [4.78, 5) is 0. The van der Waals surface area contributed by atoms with Crippen molar-refractivity contribution in [2.75, 3.05) is 0 Å². The summed E-state index contributed by atoms with van der Waals surface area (Å²) < 4.78 is 0. The Morgan fingerprint density at radius 2 is 1.88 bits per heavy atom. The van der Waals surface area contributed by atoms with Crippen molar-refractivity contribution in [1.82, 2.24) is 0 Å². The first-order chi connectivity index (χ1) is 8.08. The van der Waals surface area contributed by atoms with Gasteiger partial charge in [-0.25, -0.2) is 0 Å². The molecule has 0 aromatic heterocycles. The van der Waals surface area contributed by atoms with E-state index in [0.29, 0.717) is 5.92 Å². The summed E-state index contributed by atoms with van der Waals surface area (Å²) in [7, 11) is 0. The molecule has 1 unspecified atom stereocenters. The van der Waals surface area contributed by atoms with Crippen molar-refractivity contribution in [3.05, 3.63) is 34.9 Å².